The number of H-pyrrole nitrogens is 1. The topological polar surface area (TPSA) is 32.9 Å². The first-order chi connectivity index (χ1) is 7.65. The predicted octanol–water partition coefficient (Wildman–Crippen LogP) is 2.93. The van der Waals surface area contributed by atoms with E-state index in [-0.39, 0.29) is 11.6 Å². The van der Waals surface area contributed by atoms with Gasteiger partial charge in [-0.15, -0.1) is 0 Å². The number of benzene rings is 1. The molecule has 2 aromatic rings. The monoisotopic (exact) mass is 217 g/mol. The lowest BCUT2D eigenvalue weighted by atomic mass is 9.91. The van der Waals surface area contributed by atoms with Crippen LogP contribution >= 0.6 is 0 Å². The molecule has 1 aliphatic rings. The number of rotatable bonds is 2. The number of Topliss-reactive ketones (excluding diaryl/α,β-unsaturated/α-hetero) is 1. The van der Waals surface area contributed by atoms with Gasteiger partial charge in [0, 0.05) is 17.1 Å². The van der Waals surface area contributed by atoms with E-state index in [0.717, 1.165) is 23.9 Å². The van der Waals surface area contributed by atoms with Gasteiger partial charge in [-0.3, -0.25) is 4.79 Å². The third-order valence-electron chi connectivity index (χ3n) is 3.59. The number of aromatic nitrogens is 1. The Bertz CT molecular complexity index is 581. The van der Waals surface area contributed by atoms with Crippen molar-refractivity contribution in [3.8, 4) is 0 Å². The van der Waals surface area contributed by atoms with Crippen LogP contribution < -0.4 is 0 Å². The Balaban J connectivity index is 2.29. The molecule has 0 aliphatic heterocycles. The van der Waals surface area contributed by atoms with Gasteiger partial charge in [0.1, 0.15) is 11.6 Å². The Kier molecular flexibility index (Phi) is 1.76. The molecule has 0 atom stereocenters. The first-order valence-electron chi connectivity index (χ1n) is 5.42. The molecule has 16 heavy (non-hydrogen) atoms. The van der Waals surface area contributed by atoms with Crippen LogP contribution in [0.1, 0.15) is 25.3 Å². The van der Waals surface area contributed by atoms with Crippen LogP contribution in [0, 0.1) is 5.82 Å². The van der Waals surface area contributed by atoms with Crippen molar-refractivity contribution in [2.75, 3.05) is 0 Å². The summed E-state index contributed by atoms with van der Waals surface area (Å²) in [6.07, 6.45) is 3.45. The van der Waals surface area contributed by atoms with Gasteiger partial charge in [-0.25, -0.2) is 4.39 Å². The van der Waals surface area contributed by atoms with Crippen LogP contribution in [-0.2, 0) is 10.2 Å². The quantitative estimate of drug-likeness (QED) is 0.824. The smallest absolute Gasteiger partial charge is 0.140 e. The number of hydrogen-bond donors (Lipinski definition) is 1. The second-order valence-corrected chi connectivity index (χ2v) is 4.50. The van der Waals surface area contributed by atoms with Crippen molar-refractivity contribution in [3.05, 3.63) is 35.8 Å². The summed E-state index contributed by atoms with van der Waals surface area (Å²) in [6.45, 7) is 1.59. The molecule has 0 spiro atoms. The highest BCUT2D eigenvalue weighted by atomic mass is 19.1. The lowest BCUT2D eigenvalue weighted by Gasteiger charge is -2.10. The molecule has 0 unspecified atom stereocenters. The molecule has 82 valence electrons. The summed E-state index contributed by atoms with van der Waals surface area (Å²) in [5.41, 5.74) is 1.18. The fraction of sp³-hybridized carbons (Fsp3) is 0.308. The van der Waals surface area contributed by atoms with Crippen molar-refractivity contribution in [3.63, 3.8) is 0 Å². The normalized spacial score (nSPS) is 17.6. The summed E-state index contributed by atoms with van der Waals surface area (Å²) in [7, 11) is 0. The third kappa shape index (κ3) is 1.08. The van der Waals surface area contributed by atoms with Crippen LogP contribution in [0.2, 0.25) is 0 Å². The summed E-state index contributed by atoms with van der Waals surface area (Å²) in [5.74, 6) is -0.113. The SMILES string of the molecule is CC(=O)C1(c2c[nH]c3cccc(F)c23)CC1. The van der Waals surface area contributed by atoms with Gasteiger partial charge >= 0.3 is 0 Å². The number of nitrogens with one attached hydrogen (secondary N) is 1. The van der Waals surface area contributed by atoms with Gasteiger partial charge in [-0.1, -0.05) is 6.07 Å². The molecule has 0 saturated heterocycles. The lowest BCUT2D eigenvalue weighted by Crippen LogP contribution is -2.16. The maximum absolute atomic E-state index is 13.8. The van der Waals surface area contributed by atoms with Crippen LogP contribution in [0.25, 0.3) is 10.9 Å². The van der Waals surface area contributed by atoms with Gasteiger partial charge in [-0.05, 0) is 37.5 Å². The first-order valence-corrected chi connectivity index (χ1v) is 5.42. The van der Waals surface area contributed by atoms with E-state index in [2.05, 4.69) is 4.98 Å². The zero-order valence-corrected chi connectivity index (χ0v) is 9.01. The van der Waals surface area contributed by atoms with E-state index >= 15 is 0 Å². The molecule has 1 aromatic carbocycles. The van der Waals surface area contributed by atoms with Crippen LogP contribution in [-0.4, -0.2) is 10.8 Å². The molecular weight excluding hydrogens is 205 g/mol. The number of carbonyl (C=O) groups excluding carboxylic acids is 1. The molecule has 1 fully saturated rings. The molecule has 0 bridgehead atoms. The fourth-order valence-corrected chi connectivity index (χ4v) is 2.45. The van der Waals surface area contributed by atoms with E-state index in [0.29, 0.717) is 5.39 Å². The standard InChI is InChI=1S/C13H12FNO/c1-8(16)13(5-6-13)9-7-15-11-4-2-3-10(14)12(9)11/h2-4,7,15H,5-6H2,1H3. The van der Waals surface area contributed by atoms with Crippen molar-refractivity contribution in [2.24, 2.45) is 0 Å². The number of ketones is 1. The van der Waals surface area contributed by atoms with E-state index in [9.17, 15) is 9.18 Å². The number of halogens is 1. The molecule has 1 aliphatic carbocycles. The van der Waals surface area contributed by atoms with Crippen molar-refractivity contribution in [1.29, 1.82) is 0 Å². The summed E-state index contributed by atoms with van der Waals surface area (Å²) in [6, 6.07) is 4.94. The highest BCUT2D eigenvalue weighted by molar-refractivity contribution is 5.97. The number of aromatic amines is 1. The molecule has 3 heteroatoms. The number of hydrogen-bond acceptors (Lipinski definition) is 1. The molecule has 2 nitrogen and oxygen atoms in total. The van der Waals surface area contributed by atoms with Gasteiger partial charge in [0.05, 0.1) is 5.41 Å². The Hall–Kier alpha value is -1.64. The van der Waals surface area contributed by atoms with Crippen molar-refractivity contribution < 1.29 is 9.18 Å². The predicted molar refractivity (Wildman–Crippen MR) is 59.8 cm³/mol. The summed E-state index contributed by atoms with van der Waals surface area (Å²) >= 11 is 0. The second-order valence-electron chi connectivity index (χ2n) is 4.50. The number of fused-ring (bicyclic) bond motifs is 1. The van der Waals surface area contributed by atoms with Crippen LogP contribution in [0.3, 0.4) is 0 Å². The minimum absolute atomic E-state index is 0.136. The van der Waals surface area contributed by atoms with Crippen LogP contribution in [0.4, 0.5) is 4.39 Å². The zero-order valence-electron chi connectivity index (χ0n) is 9.01. The molecule has 1 aromatic heterocycles. The third-order valence-corrected chi connectivity index (χ3v) is 3.59. The van der Waals surface area contributed by atoms with E-state index in [1.54, 1.807) is 19.2 Å². The van der Waals surface area contributed by atoms with Gasteiger partial charge in [0.2, 0.25) is 0 Å². The maximum atomic E-state index is 13.8. The highest BCUT2D eigenvalue weighted by Gasteiger charge is 2.50. The van der Waals surface area contributed by atoms with E-state index in [1.807, 2.05) is 6.07 Å². The van der Waals surface area contributed by atoms with E-state index in [4.69, 9.17) is 0 Å². The molecule has 0 radical (unpaired) electrons. The van der Waals surface area contributed by atoms with Crippen molar-refractivity contribution >= 4 is 16.7 Å². The fourth-order valence-electron chi connectivity index (χ4n) is 2.45. The average molecular weight is 217 g/mol. The second kappa shape index (κ2) is 2.94. The molecule has 1 heterocycles. The Morgan fingerprint density at radius 2 is 2.19 bits per heavy atom. The summed E-state index contributed by atoms with van der Waals surface area (Å²) in [4.78, 5) is 14.7. The molecule has 3 rings (SSSR count). The van der Waals surface area contributed by atoms with Crippen LogP contribution in [0.5, 0.6) is 0 Å². The van der Waals surface area contributed by atoms with Crippen molar-refractivity contribution in [1.82, 2.24) is 4.98 Å². The van der Waals surface area contributed by atoms with Gasteiger partial charge in [-0.2, -0.15) is 0 Å². The van der Waals surface area contributed by atoms with Crippen molar-refractivity contribution in [2.45, 2.75) is 25.2 Å². The average Bonchev–Trinajstić information content (AvgIpc) is 2.94. The minimum Gasteiger partial charge on any atom is -0.361 e. The molecule has 1 N–H and O–H groups in total. The largest absolute Gasteiger partial charge is 0.361 e. The molecule has 0 amide bonds. The summed E-state index contributed by atoms with van der Waals surface area (Å²) in [5, 5.41) is 0.579. The first kappa shape index (κ1) is 9.58. The minimum atomic E-state index is -0.416. The van der Waals surface area contributed by atoms with Crippen LogP contribution in [0.15, 0.2) is 24.4 Å². The Morgan fingerprint density at radius 1 is 1.44 bits per heavy atom. The number of carbonyl (C=O) groups is 1. The van der Waals surface area contributed by atoms with Gasteiger partial charge in [0.15, 0.2) is 0 Å². The summed E-state index contributed by atoms with van der Waals surface area (Å²) < 4.78 is 13.8. The van der Waals surface area contributed by atoms with E-state index < -0.39 is 5.41 Å². The molecular formula is C13H12FNO. The Morgan fingerprint density at radius 3 is 2.81 bits per heavy atom. The van der Waals surface area contributed by atoms with E-state index in [1.165, 1.54) is 6.07 Å². The van der Waals surface area contributed by atoms with Gasteiger partial charge < -0.3 is 4.98 Å². The Labute approximate surface area is 92.5 Å². The lowest BCUT2D eigenvalue weighted by molar-refractivity contribution is -0.119. The highest BCUT2D eigenvalue weighted by Crippen LogP contribution is 2.51. The van der Waals surface area contributed by atoms with Gasteiger partial charge in [0.25, 0.3) is 0 Å². The zero-order chi connectivity index (χ0) is 11.3. The molecule has 1 saturated carbocycles. The maximum Gasteiger partial charge on any atom is 0.140 e.